The van der Waals surface area contributed by atoms with Crippen LogP contribution in [0.15, 0.2) is 24.3 Å². The van der Waals surface area contributed by atoms with Gasteiger partial charge in [0.05, 0.1) is 11.6 Å². The Morgan fingerprint density at radius 1 is 1.15 bits per heavy atom. The Morgan fingerprint density at radius 3 is 2.52 bits per heavy atom. The molecule has 2 heterocycles. The van der Waals surface area contributed by atoms with Crippen molar-refractivity contribution in [3.05, 3.63) is 29.3 Å². The fourth-order valence-electron chi connectivity index (χ4n) is 4.70. The van der Waals surface area contributed by atoms with Crippen LogP contribution in [-0.2, 0) is 9.59 Å². The highest BCUT2D eigenvalue weighted by Crippen LogP contribution is 2.35. The number of hydrazine groups is 1. The molecular formula is C23H32ClN5O4. The number of rotatable bonds is 7. The van der Waals surface area contributed by atoms with Gasteiger partial charge in [-0.25, -0.2) is 4.79 Å². The Kier molecular flexibility index (Phi) is 7.41. The molecule has 1 saturated carbocycles. The van der Waals surface area contributed by atoms with Crippen molar-refractivity contribution in [3.63, 3.8) is 0 Å². The lowest BCUT2D eigenvalue weighted by atomic mass is 9.77. The molecule has 10 heteroatoms. The van der Waals surface area contributed by atoms with Gasteiger partial charge < -0.3 is 10.1 Å². The van der Waals surface area contributed by atoms with Gasteiger partial charge in [0, 0.05) is 32.7 Å². The maximum atomic E-state index is 12.9. The molecular weight excluding hydrogens is 446 g/mol. The average molecular weight is 478 g/mol. The van der Waals surface area contributed by atoms with Crippen molar-refractivity contribution in [2.45, 2.75) is 38.1 Å². The summed E-state index contributed by atoms with van der Waals surface area (Å²) in [7, 11) is 0. The molecule has 2 saturated heterocycles. The SMILES string of the molecule is CC1CCC2(CC1)NC(=O)N(NC(=O)CN1CCN(CCOc3ccccc3Cl)CC1)C2=O. The Morgan fingerprint density at radius 2 is 1.82 bits per heavy atom. The highest BCUT2D eigenvalue weighted by Gasteiger charge is 2.52. The van der Waals surface area contributed by atoms with E-state index in [1.54, 1.807) is 6.07 Å². The number of urea groups is 1. The van der Waals surface area contributed by atoms with Crippen LogP contribution in [0.1, 0.15) is 32.6 Å². The summed E-state index contributed by atoms with van der Waals surface area (Å²) in [6.45, 7) is 6.67. The number of imide groups is 1. The summed E-state index contributed by atoms with van der Waals surface area (Å²) in [5, 5.41) is 4.30. The van der Waals surface area contributed by atoms with Crippen molar-refractivity contribution >= 4 is 29.4 Å². The second-order valence-corrected chi connectivity index (χ2v) is 9.67. The summed E-state index contributed by atoms with van der Waals surface area (Å²) < 4.78 is 5.75. The van der Waals surface area contributed by atoms with Crippen LogP contribution in [0, 0.1) is 5.92 Å². The number of amides is 4. The fraction of sp³-hybridized carbons (Fsp3) is 0.609. The maximum absolute atomic E-state index is 12.9. The number of hydrogen-bond donors (Lipinski definition) is 2. The van der Waals surface area contributed by atoms with Crippen LogP contribution < -0.4 is 15.5 Å². The van der Waals surface area contributed by atoms with Gasteiger partial charge in [-0.1, -0.05) is 30.7 Å². The predicted octanol–water partition coefficient (Wildman–Crippen LogP) is 1.87. The molecule has 1 aromatic carbocycles. The Balaban J connectivity index is 1.18. The van der Waals surface area contributed by atoms with Crippen LogP contribution in [0.2, 0.25) is 5.02 Å². The molecule has 2 aliphatic heterocycles. The van der Waals surface area contributed by atoms with E-state index < -0.39 is 11.6 Å². The molecule has 0 radical (unpaired) electrons. The largest absolute Gasteiger partial charge is 0.491 e. The first-order chi connectivity index (χ1) is 15.9. The summed E-state index contributed by atoms with van der Waals surface area (Å²) in [6, 6.07) is 6.87. The highest BCUT2D eigenvalue weighted by molar-refractivity contribution is 6.32. The number of carbonyl (C=O) groups is 3. The third-order valence-electron chi connectivity index (χ3n) is 6.86. The zero-order valence-electron chi connectivity index (χ0n) is 19.0. The lowest BCUT2D eigenvalue weighted by molar-refractivity contribution is -0.140. The van der Waals surface area contributed by atoms with Gasteiger partial charge >= 0.3 is 6.03 Å². The summed E-state index contributed by atoms with van der Waals surface area (Å²) in [5.74, 6) is 0.538. The maximum Gasteiger partial charge on any atom is 0.344 e. The van der Waals surface area contributed by atoms with Crippen molar-refractivity contribution in [3.8, 4) is 5.75 Å². The number of benzene rings is 1. The fourth-order valence-corrected chi connectivity index (χ4v) is 4.89. The van der Waals surface area contributed by atoms with Gasteiger partial charge in [-0.2, -0.15) is 5.01 Å². The van der Waals surface area contributed by atoms with Crippen LogP contribution >= 0.6 is 11.6 Å². The van der Waals surface area contributed by atoms with Crippen molar-refractivity contribution in [1.29, 1.82) is 0 Å². The minimum atomic E-state index is -0.853. The number of hydrogen-bond acceptors (Lipinski definition) is 6. The lowest BCUT2D eigenvalue weighted by Crippen LogP contribution is -2.54. The Bertz CT molecular complexity index is 881. The molecule has 0 bridgehead atoms. The number of piperazine rings is 1. The van der Waals surface area contributed by atoms with E-state index in [2.05, 4.69) is 22.6 Å². The first kappa shape index (κ1) is 23.8. The summed E-state index contributed by atoms with van der Waals surface area (Å²) in [5.41, 5.74) is 1.67. The van der Waals surface area contributed by atoms with Crippen molar-refractivity contribution in [1.82, 2.24) is 25.6 Å². The number of ether oxygens (including phenoxy) is 1. The van der Waals surface area contributed by atoms with Crippen LogP contribution in [0.25, 0.3) is 0 Å². The van der Waals surface area contributed by atoms with E-state index in [9.17, 15) is 14.4 Å². The minimum Gasteiger partial charge on any atom is -0.491 e. The second-order valence-electron chi connectivity index (χ2n) is 9.27. The number of para-hydroxylation sites is 1. The molecule has 4 amide bonds. The molecule has 0 atom stereocenters. The molecule has 1 aromatic rings. The summed E-state index contributed by atoms with van der Waals surface area (Å²) in [6.07, 6.45) is 3.02. The normalized spacial score (nSPS) is 26.5. The van der Waals surface area contributed by atoms with Crippen molar-refractivity contribution in [2.75, 3.05) is 45.9 Å². The lowest BCUT2D eigenvalue weighted by Gasteiger charge is -2.34. The van der Waals surface area contributed by atoms with E-state index in [0.717, 1.165) is 50.6 Å². The van der Waals surface area contributed by atoms with E-state index in [4.69, 9.17) is 16.3 Å². The zero-order chi connectivity index (χ0) is 23.4. The number of nitrogens with zero attached hydrogens (tertiary/aromatic N) is 3. The average Bonchev–Trinajstić information content (AvgIpc) is 3.02. The zero-order valence-corrected chi connectivity index (χ0v) is 19.8. The molecule has 4 rings (SSSR count). The van der Waals surface area contributed by atoms with Gasteiger partial charge in [0.1, 0.15) is 17.9 Å². The van der Waals surface area contributed by atoms with Crippen LogP contribution in [0.4, 0.5) is 4.79 Å². The quantitative estimate of drug-likeness (QED) is 0.582. The standard InChI is InChI=1S/C23H32ClN5O4/c1-17-6-8-23(9-7-17)21(31)29(22(32)25-23)26-20(30)16-28-12-10-27(11-13-28)14-15-33-19-5-3-2-4-18(19)24/h2-5,17H,6-16H2,1H3,(H,25,32)(H,26,30). The minimum absolute atomic E-state index is 0.144. The van der Waals surface area contributed by atoms with Gasteiger partial charge in [-0.3, -0.25) is 24.8 Å². The van der Waals surface area contributed by atoms with Gasteiger partial charge in [-0.15, -0.1) is 0 Å². The highest BCUT2D eigenvalue weighted by atomic mass is 35.5. The molecule has 3 fully saturated rings. The summed E-state index contributed by atoms with van der Waals surface area (Å²) in [4.78, 5) is 42.1. The molecule has 9 nitrogen and oxygen atoms in total. The summed E-state index contributed by atoms with van der Waals surface area (Å²) >= 11 is 6.11. The van der Waals surface area contributed by atoms with Crippen LogP contribution in [-0.4, -0.2) is 84.1 Å². The van der Waals surface area contributed by atoms with Gasteiger partial charge in [0.25, 0.3) is 11.8 Å². The molecule has 1 aliphatic carbocycles. The molecule has 1 spiro atoms. The topological polar surface area (TPSA) is 94.2 Å². The third-order valence-corrected chi connectivity index (χ3v) is 7.17. The van der Waals surface area contributed by atoms with E-state index in [1.807, 2.05) is 23.1 Å². The van der Waals surface area contributed by atoms with E-state index >= 15 is 0 Å². The van der Waals surface area contributed by atoms with Gasteiger partial charge in [-0.05, 0) is 43.7 Å². The second kappa shape index (κ2) is 10.3. The molecule has 2 N–H and O–H groups in total. The molecule has 0 unspecified atom stereocenters. The Hall–Kier alpha value is -2.36. The van der Waals surface area contributed by atoms with E-state index in [0.29, 0.717) is 36.1 Å². The predicted molar refractivity (Wildman–Crippen MR) is 124 cm³/mol. The molecule has 33 heavy (non-hydrogen) atoms. The molecule has 3 aliphatic rings. The van der Waals surface area contributed by atoms with Crippen molar-refractivity contribution in [2.24, 2.45) is 5.92 Å². The monoisotopic (exact) mass is 477 g/mol. The van der Waals surface area contributed by atoms with Crippen molar-refractivity contribution < 1.29 is 19.1 Å². The van der Waals surface area contributed by atoms with Crippen LogP contribution in [0.5, 0.6) is 5.75 Å². The van der Waals surface area contributed by atoms with Crippen LogP contribution in [0.3, 0.4) is 0 Å². The third kappa shape index (κ3) is 5.59. The van der Waals surface area contributed by atoms with E-state index in [-0.39, 0.29) is 18.4 Å². The number of nitrogens with one attached hydrogen (secondary N) is 2. The Labute approximate surface area is 199 Å². The van der Waals surface area contributed by atoms with Gasteiger partial charge in [0.15, 0.2) is 0 Å². The first-order valence-electron chi connectivity index (χ1n) is 11.6. The molecule has 0 aromatic heterocycles. The van der Waals surface area contributed by atoms with E-state index in [1.165, 1.54) is 0 Å². The first-order valence-corrected chi connectivity index (χ1v) is 12.0. The smallest absolute Gasteiger partial charge is 0.344 e. The number of halogens is 1. The molecule has 180 valence electrons. The number of carbonyl (C=O) groups excluding carboxylic acids is 3. The van der Waals surface area contributed by atoms with Gasteiger partial charge in [0.2, 0.25) is 0 Å².